The van der Waals surface area contributed by atoms with Gasteiger partial charge in [0, 0.05) is 35.8 Å². The first-order chi connectivity index (χ1) is 33.6. The topological polar surface area (TPSA) is 140 Å². The molecule has 0 aliphatic carbocycles. The molecule has 4 amide bonds. The van der Waals surface area contributed by atoms with Crippen LogP contribution >= 0.6 is 0 Å². The Balaban J connectivity index is 0.936. The van der Waals surface area contributed by atoms with Gasteiger partial charge in [-0.1, -0.05) is 104 Å². The summed E-state index contributed by atoms with van der Waals surface area (Å²) in [6.07, 6.45) is 3.88. The van der Waals surface area contributed by atoms with Crippen molar-refractivity contribution in [3.05, 3.63) is 209 Å². The minimum absolute atomic E-state index is 0.0174. The SMILES string of the molecule is C[C@H](/C=C/CC(=O)N1Cc2ccccc2C[C@H]1CO)[C@@]1(O)C(=O)N(Cc2ccc(N3C(=O)c4ccccc4Oc4ccccc43)cc2)c2ccc(N3C(=O)c4ccccc4Oc4ccccc43)cc21. The van der Waals surface area contributed by atoms with Gasteiger partial charge < -0.3 is 29.5 Å². The Morgan fingerprint density at radius 3 is 1.83 bits per heavy atom. The van der Waals surface area contributed by atoms with E-state index in [0.29, 0.717) is 75.5 Å². The molecule has 4 heterocycles. The highest BCUT2D eigenvalue weighted by Crippen LogP contribution is 2.50. The van der Waals surface area contributed by atoms with Gasteiger partial charge in [-0.3, -0.25) is 29.0 Å². The maximum absolute atomic E-state index is 15.1. The van der Waals surface area contributed by atoms with Crippen molar-refractivity contribution in [3.63, 3.8) is 0 Å². The van der Waals surface area contributed by atoms with Crippen LogP contribution in [0.1, 0.15) is 56.3 Å². The van der Waals surface area contributed by atoms with Crippen molar-refractivity contribution in [2.45, 2.75) is 44.5 Å². The van der Waals surface area contributed by atoms with Gasteiger partial charge in [0.25, 0.3) is 17.7 Å². The Hall–Kier alpha value is -8.32. The molecule has 4 aliphatic heterocycles. The van der Waals surface area contributed by atoms with E-state index in [2.05, 4.69) is 0 Å². The monoisotopic (exact) mass is 914 g/mol. The number of ether oxygens (including phenoxy) is 2. The second-order valence-electron chi connectivity index (χ2n) is 17.7. The van der Waals surface area contributed by atoms with E-state index in [1.807, 2.05) is 91.0 Å². The normalized spacial score (nSPS) is 18.5. The predicted molar refractivity (Wildman–Crippen MR) is 261 cm³/mol. The molecule has 0 fully saturated rings. The Morgan fingerprint density at radius 1 is 0.667 bits per heavy atom. The van der Waals surface area contributed by atoms with Crippen molar-refractivity contribution in [1.82, 2.24) is 4.90 Å². The molecule has 0 unspecified atom stereocenters. The second kappa shape index (κ2) is 17.4. The van der Waals surface area contributed by atoms with Gasteiger partial charge in [0.2, 0.25) is 5.91 Å². The summed E-state index contributed by atoms with van der Waals surface area (Å²) >= 11 is 0. The van der Waals surface area contributed by atoms with Crippen molar-refractivity contribution in [3.8, 4) is 23.0 Å². The summed E-state index contributed by atoms with van der Waals surface area (Å²) in [5.74, 6) is -0.402. The van der Waals surface area contributed by atoms with Gasteiger partial charge in [-0.15, -0.1) is 0 Å². The summed E-state index contributed by atoms with van der Waals surface area (Å²) < 4.78 is 12.5. The van der Waals surface area contributed by atoms with Gasteiger partial charge >= 0.3 is 0 Å². The largest absolute Gasteiger partial charge is 0.454 e. The minimum atomic E-state index is -2.14. The average Bonchev–Trinajstić information content (AvgIpc) is 3.45. The standard InChI is InChI=1S/C57H46N4O8/c1-36(13-12-24-53(63)58-34-39-15-3-2-14-38(39)31-42(58)35-62)57(67)45-32-41(61-48-19-7-11-23-52(48)69-50-21-9-5-17-44(50)55(61)65)29-30-46(45)59(56(57)66)33-37-25-27-40(28-26-37)60-47-18-6-10-22-51(47)68-49-20-8-4-16-43(49)54(60)64/h2-23,25-30,32,36,42,62,67H,24,31,33-35H2,1H3/b13-12+/t36-,42+,57+/m1/s1. The van der Waals surface area contributed by atoms with Crippen molar-refractivity contribution < 1.29 is 38.9 Å². The fraction of sp³-hybridized carbons (Fsp3) is 0.158. The zero-order valence-corrected chi connectivity index (χ0v) is 37.6. The van der Waals surface area contributed by atoms with E-state index in [0.717, 1.165) is 16.7 Å². The Bertz CT molecular complexity index is 3240. The molecule has 4 aliphatic rings. The molecule has 12 nitrogen and oxygen atoms in total. The van der Waals surface area contributed by atoms with E-state index in [9.17, 15) is 24.6 Å². The first-order valence-corrected chi connectivity index (χ1v) is 22.9. The molecule has 0 spiro atoms. The van der Waals surface area contributed by atoms with Crippen molar-refractivity contribution in [2.75, 3.05) is 21.3 Å². The third kappa shape index (κ3) is 7.41. The highest BCUT2D eigenvalue weighted by atomic mass is 16.5. The van der Waals surface area contributed by atoms with Gasteiger partial charge in [-0.25, -0.2) is 0 Å². The fourth-order valence-electron chi connectivity index (χ4n) is 9.97. The molecular weight excluding hydrogens is 869 g/mol. The van der Waals surface area contributed by atoms with Crippen LogP contribution in [-0.2, 0) is 34.7 Å². The molecule has 12 heteroatoms. The molecule has 0 radical (unpaired) electrons. The summed E-state index contributed by atoms with van der Waals surface area (Å²) in [5, 5.41) is 23.3. The number of para-hydroxylation sites is 6. The van der Waals surface area contributed by atoms with Crippen molar-refractivity contribution >= 4 is 52.1 Å². The van der Waals surface area contributed by atoms with Crippen LogP contribution in [0.4, 0.5) is 28.4 Å². The molecule has 69 heavy (non-hydrogen) atoms. The summed E-state index contributed by atoms with van der Waals surface area (Å²) in [6, 6.07) is 48.7. The molecule has 0 saturated carbocycles. The molecule has 7 aromatic rings. The van der Waals surface area contributed by atoms with Crippen molar-refractivity contribution in [2.24, 2.45) is 5.92 Å². The lowest BCUT2D eigenvalue weighted by Gasteiger charge is -2.36. The van der Waals surface area contributed by atoms with Crippen LogP contribution in [-0.4, -0.2) is 51.4 Å². The van der Waals surface area contributed by atoms with Crippen LogP contribution in [0.5, 0.6) is 23.0 Å². The number of hydrogen-bond acceptors (Lipinski definition) is 8. The number of anilines is 5. The van der Waals surface area contributed by atoms with E-state index >= 15 is 4.79 Å². The van der Waals surface area contributed by atoms with Gasteiger partial charge in [0.05, 0.1) is 47.4 Å². The second-order valence-corrected chi connectivity index (χ2v) is 17.7. The zero-order chi connectivity index (χ0) is 47.4. The fourth-order valence-corrected chi connectivity index (χ4v) is 9.97. The van der Waals surface area contributed by atoms with Crippen LogP contribution in [0.2, 0.25) is 0 Å². The third-order valence-electron chi connectivity index (χ3n) is 13.6. The number of carbonyl (C=O) groups is 4. The first kappa shape index (κ1) is 43.3. The van der Waals surface area contributed by atoms with Gasteiger partial charge in [-0.05, 0) is 102 Å². The number of benzene rings is 7. The number of fused-ring (bicyclic) bond motifs is 6. The van der Waals surface area contributed by atoms with Gasteiger partial charge in [0.15, 0.2) is 17.1 Å². The molecule has 2 N–H and O–H groups in total. The quantitative estimate of drug-likeness (QED) is 0.137. The third-order valence-corrected chi connectivity index (χ3v) is 13.6. The maximum atomic E-state index is 15.1. The predicted octanol–water partition coefficient (Wildman–Crippen LogP) is 10.1. The number of amides is 4. The number of aliphatic hydroxyl groups excluding tert-OH is 1. The van der Waals surface area contributed by atoms with E-state index in [4.69, 9.17) is 9.47 Å². The smallest absolute Gasteiger partial charge is 0.266 e. The van der Waals surface area contributed by atoms with Crippen LogP contribution in [0, 0.1) is 5.92 Å². The van der Waals surface area contributed by atoms with Crippen LogP contribution in [0.3, 0.4) is 0 Å². The molecule has 11 rings (SSSR count). The van der Waals surface area contributed by atoms with E-state index < -0.39 is 17.4 Å². The first-order valence-electron chi connectivity index (χ1n) is 22.9. The molecule has 7 aromatic carbocycles. The number of hydrogen-bond donors (Lipinski definition) is 2. The summed E-state index contributed by atoms with van der Waals surface area (Å²) in [5.41, 5.74) is 4.26. The Morgan fingerprint density at radius 2 is 1.20 bits per heavy atom. The van der Waals surface area contributed by atoms with Gasteiger partial charge in [-0.2, -0.15) is 0 Å². The lowest BCUT2D eigenvalue weighted by molar-refractivity contribution is -0.139. The zero-order valence-electron chi connectivity index (χ0n) is 37.6. The molecule has 342 valence electrons. The number of rotatable bonds is 9. The molecule has 0 aromatic heterocycles. The summed E-state index contributed by atoms with van der Waals surface area (Å²) in [4.78, 5) is 63.9. The van der Waals surface area contributed by atoms with Gasteiger partial charge in [0.1, 0.15) is 11.5 Å². The van der Waals surface area contributed by atoms with Crippen LogP contribution in [0.25, 0.3) is 0 Å². The van der Waals surface area contributed by atoms with E-state index in [1.54, 1.807) is 102 Å². The number of carbonyl (C=O) groups excluding carboxylic acids is 4. The van der Waals surface area contributed by atoms with E-state index in [1.165, 1.54) is 9.80 Å². The lowest BCUT2D eigenvalue weighted by atomic mass is 9.82. The maximum Gasteiger partial charge on any atom is 0.266 e. The van der Waals surface area contributed by atoms with Crippen LogP contribution in [0.15, 0.2) is 176 Å². The molecule has 0 bridgehead atoms. The number of nitrogens with zero attached hydrogens (tertiary/aromatic N) is 4. The Labute approximate surface area is 398 Å². The molecular formula is C57H46N4O8. The summed E-state index contributed by atoms with van der Waals surface area (Å²) in [6.45, 7) is 1.98. The molecule has 3 atom stereocenters. The number of aliphatic hydroxyl groups is 2. The minimum Gasteiger partial charge on any atom is -0.454 e. The lowest BCUT2D eigenvalue weighted by Crippen LogP contribution is -2.46. The Kier molecular flexibility index (Phi) is 10.9. The highest BCUT2D eigenvalue weighted by molar-refractivity contribution is 6.16. The highest BCUT2D eigenvalue weighted by Gasteiger charge is 2.53. The summed E-state index contributed by atoms with van der Waals surface area (Å²) in [7, 11) is 0. The molecule has 0 saturated heterocycles. The van der Waals surface area contributed by atoms with E-state index in [-0.39, 0.29) is 48.9 Å². The van der Waals surface area contributed by atoms with Crippen LogP contribution < -0.4 is 24.2 Å². The average molecular weight is 915 g/mol. The van der Waals surface area contributed by atoms with Crippen molar-refractivity contribution in [1.29, 1.82) is 0 Å².